The van der Waals surface area contributed by atoms with Gasteiger partial charge in [0.25, 0.3) is 0 Å². The van der Waals surface area contributed by atoms with Crippen LogP contribution >= 0.6 is 0 Å². The Balaban J connectivity index is 3.49. The lowest BCUT2D eigenvalue weighted by Gasteiger charge is -2.16. The first-order valence-corrected chi connectivity index (χ1v) is 15.8. The average Bonchev–Trinajstić information content (AvgIpc) is 2.81. The summed E-state index contributed by atoms with van der Waals surface area (Å²) in [6.45, 7) is 6.99. The molecule has 0 aliphatic heterocycles. The molecule has 0 amide bonds. The molecule has 0 N–H and O–H groups in total. The molecular weight excluding hydrogens is 384 g/mol. The fourth-order valence-corrected chi connectivity index (χ4v) is 5.30. The van der Waals surface area contributed by atoms with Crippen LogP contribution in [0.1, 0.15) is 201 Å². The van der Waals surface area contributed by atoms with Crippen molar-refractivity contribution in [3.05, 3.63) is 0 Å². The Morgan fingerprint density at radius 2 is 0.469 bits per heavy atom. The lowest BCUT2D eigenvalue weighted by Crippen LogP contribution is -2.01. The monoisotopic (exact) mass is 451 g/mol. The molecule has 1 atom stereocenters. The molecule has 0 spiro atoms. The van der Waals surface area contributed by atoms with Crippen LogP contribution in [0.3, 0.4) is 0 Å². The molecule has 0 aliphatic rings. The number of hydrogen-bond donors (Lipinski definition) is 0. The van der Waals surface area contributed by atoms with Crippen molar-refractivity contribution in [2.75, 3.05) is 0 Å². The Hall–Kier alpha value is 0. The second kappa shape index (κ2) is 29.0. The standard InChI is InChI=1S/C32H66/c1-4-7-10-12-14-16-18-19-20-22-24-26-28-31-32(29-9-6-3)30-27-25-23-21-17-15-13-11-8-5-2/h32H,4-31H2,1-3H3. The van der Waals surface area contributed by atoms with E-state index in [0.717, 1.165) is 5.92 Å². The summed E-state index contributed by atoms with van der Waals surface area (Å²) in [5, 5.41) is 0. The van der Waals surface area contributed by atoms with Gasteiger partial charge in [-0.15, -0.1) is 0 Å². The zero-order valence-corrected chi connectivity index (χ0v) is 23.4. The van der Waals surface area contributed by atoms with Crippen molar-refractivity contribution in [2.45, 2.75) is 201 Å². The van der Waals surface area contributed by atoms with E-state index in [0.29, 0.717) is 0 Å². The third-order valence-electron chi connectivity index (χ3n) is 7.65. The predicted octanol–water partition coefficient (Wildman–Crippen LogP) is 12.6. The highest BCUT2D eigenvalue weighted by Gasteiger charge is 2.08. The first kappa shape index (κ1) is 32.0. The van der Waals surface area contributed by atoms with E-state index in [2.05, 4.69) is 20.8 Å². The van der Waals surface area contributed by atoms with Crippen LogP contribution in [0.2, 0.25) is 0 Å². The molecule has 0 rings (SSSR count). The summed E-state index contributed by atoms with van der Waals surface area (Å²) < 4.78 is 0. The first-order valence-electron chi connectivity index (χ1n) is 15.8. The van der Waals surface area contributed by atoms with E-state index in [9.17, 15) is 0 Å². The third kappa shape index (κ3) is 26.3. The van der Waals surface area contributed by atoms with E-state index >= 15 is 0 Å². The normalized spacial score (nSPS) is 12.5. The zero-order valence-electron chi connectivity index (χ0n) is 23.4. The fourth-order valence-electron chi connectivity index (χ4n) is 5.30. The van der Waals surface area contributed by atoms with Gasteiger partial charge >= 0.3 is 0 Å². The van der Waals surface area contributed by atoms with Gasteiger partial charge in [-0.25, -0.2) is 0 Å². The molecule has 0 aliphatic carbocycles. The molecule has 0 heterocycles. The molecule has 0 aromatic carbocycles. The van der Waals surface area contributed by atoms with Gasteiger partial charge in [-0.05, 0) is 5.92 Å². The van der Waals surface area contributed by atoms with Crippen LogP contribution in [0, 0.1) is 5.92 Å². The van der Waals surface area contributed by atoms with Crippen LogP contribution < -0.4 is 0 Å². The van der Waals surface area contributed by atoms with E-state index in [4.69, 9.17) is 0 Å². The van der Waals surface area contributed by atoms with Crippen molar-refractivity contribution in [1.29, 1.82) is 0 Å². The van der Waals surface area contributed by atoms with E-state index in [-0.39, 0.29) is 0 Å². The van der Waals surface area contributed by atoms with E-state index in [1.54, 1.807) is 0 Å². The van der Waals surface area contributed by atoms with Crippen molar-refractivity contribution >= 4 is 0 Å². The molecule has 0 bridgehead atoms. The minimum absolute atomic E-state index is 1.04. The van der Waals surface area contributed by atoms with E-state index in [1.807, 2.05) is 0 Å². The maximum absolute atomic E-state index is 2.36. The van der Waals surface area contributed by atoms with Gasteiger partial charge in [0.15, 0.2) is 0 Å². The van der Waals surface area contributed by atoms with Gasteiger partial charge in [0.2, 0.25) is 0 Å². The van der Waals surface area contributed by atoms with Gasteiger partial charge in [0.05, 0.1) is 0 Å². The molecule has 1 unspecified atom stereocenters. The summed E-state index contributed by atoms with van der Waals surface area (Å²) in [6.07, 6.45) is 41.3. The Kier molecular flexibility index (Phi) is 29.0. The Morgan fingerprint density at radius 1 is 0.250 bits per heavy atom. The lowest BCUT2D eigenvalue weighted by molar-refractivity contribution is 0.370. The SMILES string of the molecule is CCCCCCCCCCCCCCCC(CCCC)CCCCCCCCCCCC. The fraction of sp³-hybridized carbons (Fsp3) is 1.00. The van der Waals surface area contributed by atoms with Crippen LogP contribution in [-0.2, 0) is 0 Å². The zero-order chi connectivity index (χ0) is 23.4. The first-order chi connectivity index (χ1) is 15.8. The lowest BCUT2D eigenvalue weighted by atomic mass is 9.90. The van der Waals surface area contributed by atoms with E-state index < -0.39 is 0 Å². The van der Waals surface area contributed by atoms with Crippen molar-refractivity contribution in [1.82, 2.24) is 0 Å². The highest BCUT2D eigenvalue weighted by Crippen LogP contribution is 2.24. The maximum Gasteiger partial charge on any atom is -0.0414 e. The molecule has 32 heavy (non-hydrogen) atoms. The third-order valence-corrected chi connectivity index (χ3v) is 7.65. The molecular formula is C32H66. The summed E-state index contributed by atoms with van der Waals surface area (Å²) >= 11 is 0. The van der Waals surface area contributed by atoms with Gasteiger partial charge in [-0.2, -0.15) is 0 Å². The van der Waals surface area contributed by atoms with Gasteiger partial charge < -0.3 is 0 Å². The molecule has 0 nitrogen and oxygen atoms in total. The Bertz CT molecular complexity index is 307. The quantitative estimate of drug-likeness (QED) is 0.104. The largest absolute Gasteiger partial charge is 0.0654 e. The van der Waals surface area contributed by atoms with Gasteiger partial charge in [0.1, 0.15) is 0 Å². The van der Waals surface area contributed by atoms with Gasteiger partial charge in [-0.3, -0.25) is 0 Å². The highest BCUT2D eigenvalue weighted by molar-refractivity contribution is 4.61. The number of unbranched alkanes of at least 4 members (excludes halogenated alkanes) is 22. The average molecular weight is 451 g/mol. The molecule has 194 valence electrons. The molecule has 0 fully saturated rings. The number of rotatable bonds is 28. The molecule has 0 radical (unpaired) electrons. The second-order valence-corrected chi connectivity index (χ2v) is 11.0. The summed E-state index contributed by atoms with van der Waals surface area (Å²) in [4.78, 5) is 0. The van der Waals surface area contributed by atoms with Crippen molar-refractivity contribution in [2.24, 2.45) is 5.92 Å². The minimum atomic E-state index is 1.04. The Labute approximate surface area is 206 Å². The summed E-state index contributed by atoms with van der Waals surface area (Å²) in [6, 6.07) is 0. The van der Waals surface area contributed by atoms with E-state index in [1.165, 1.54) is 180 Å². The van der Waals surface area contributed by atoms with Crippen LogP contribution in [0.5, 0.6) is 0 Å². The van der Waals surface area contributed by atoms with Crippen LogP contribution in [0.4, 0.5) is 0 Å². The second-order valence-electron chi connectivity index (χ2n) is 11.0. The number of hydrogen-bond acceptors (Lipinski definition) is 0. The highest BCUT2D eigenvalue weighted by atomic mass is 14.1. The summed E-state index contributed by atoms with van der Waals surface area (Å²) in [5.74, 6) is 1.04. The van der Waals surface area contributed by atoms with Crippen LogP contribution in [0.25, 0.3) is 0 Å². The predicted molar refractivity (Wildman–Crippen MR) is 150 cm³/mol. The minimum Gasteiger partial charge on any atom is -0.0654 e. The van der Waals surface area contributed by atoms with Crippen molar-refractivity contribution < 1.29 is 0 Å². The van der Waals surface area contributed by atoms with Crippen molar-refractivity contribution in [3.8, 4) is 0 Å². The van der Waals surface area contributed by atoms with Gasteiger partial charge in [-0.1, -0.05) is 201 Å². The van der Waals surface area contributed by atoms with Crippen LogP contribution in [0.15, 0.2) is 0 Å². The molecule has 0 aromatic heterocycles. The van der Waals surface area contributed by atoms with Gasteiger partial charge in [0, 0.05) is 0 Å². The topological polar surface area (TPSA) is 0 Å². The van der Waals surface area contributed by atoms with Crippen LogP contribution in [-0.4, -0.2) is 0 Å². The maximum atomic E-state index is 2.36. The smallest absolute Gasteiger partial charge is 0.0414 e. The molecule has 0 heteroatoms. The molecule has 0 saturated heterocycles. The molecule has 0 saturated carbocycles. The molecule has 0 aromatic rings. The summed E-state index contributed by atoms with van der Waals surface area (Å²) in [7, 11) is 0. The Morgan fingerprint density at radius 3 is 0.750 bits per heavy atom. The summed E-state index contributed by atoms with van der Waals surface area (Å²) in [5.41, 5.74) is 0. The van der Waals surface area contributed by atoms with Crippen molar-refractivity contribution in [3.63, 3.8) is 0 Å².